The Labute approximate surface area is 130 Å². The summed E-state index contributed by atoms with van der Waals surface area (Å²) in [6, 6.07) is 0. The Morgan fingerprint density at radius 2 is 1.19 bits per heavy atom. The summed E-state index contributed by atoms with van der Waals surface area (Å²) in [5.41, 5.74) is 0. The highest BCUT2D eigenvalue weighted by molar-refractivity contribution is 5.66. The third-order valence-corrected chi connectivity index (χ3v) is 2.97. The molecule has 0 amide bonds. The van der Waals surface area contributed by atoms with Gasteiger partial charge in [0.2, 0.25) is 0 Å². The fourth-order valence-corrected chi connectivity index (χ4v) is 1.74. The molecule has 0 fully saturated rings. The van der Waals surface area contributed by atoms with Crippen molar-refractivity contribution >= 4 is 5.97 Å². The monoisotopic (exact) mass is 290 g/mol. The molecule has 0 spiro atoms. The molecule has 1 N–H and O–H groups in total. The number of hydrogen-bond acceptors (Lipinski definition) is 1. The van der Waals surface area contributed by atoms with Crippen LogP contribution in [0.2, 0.25) is 0 Å². The zero-order valence-corrected chi connectivity index (χ0v) is 13.3. The molecule has 0 saturated carbocycles. The summed E-state index contributed by atoms with van der Waals surface area (Å²) in [4.78, 5) is 10.3. The molecule has 2 nitrogen and oxygen atoms in total. The topological polar surface area (TPSA) is 37.3 Å². The number of rotatable bonds is 13. The van der Waals surface area contributed by atoms with Gasteiger partial charge >= 0.3 is 5.97 Å². The number of carbonyl (C=O) groups is 1. The fourth-order valence-electron chi connectivity index (χ4n) is 1.74. The molecule has 0 aromatic heterocycles. The van der Waals surface area contributed by atoms with Crippen LogP contribution in [0.3, 0.4) is 0 Å². The molecule has 0 aliphatic rings. The normalized spacial score (nSPS) is 12.4. The molecule has 118 valence electrons. The van der Waals surface area contributed by atoms with E-state index >= 15 is 0 Å². The lowest BCUT2D eigenvalue weighted by Crippen LogP contribution is -1.92. The first-order chi connectivity index (χ1) is 10.3. The van der Waals surface area contributed by atoms with Crippen molar-refractivity contribution in [1.82, 2.24) is 0 Å². The van der Waals surface area contributed by atoms with Gasteiger partial charge in [-0.2, -0.15) is 0 Å². The Kier molecular flexibility index (Phi) is 15.3. The van der Waals surface area contributed by atoms with Gasteiger partial charge in [-0.15, -0.1) is 0 Å². The van der Waals surface area contributed by atoms with Crippen LogP contribution in [0.25, 0.3) is 0 Å². The zero-order chi connectivity index (χ0) is 15.6. The molecule has 0 heterocycles. The molecule has 0 aliphatic carbocycles. The summed E-state index contributed by atoms with van der Waals surface area (Å²) < 4.78 is 0. The molecular weight excluding hydrogens is 260 g/mol. The van der Waals surface area contributed by atoms with Gasteiger partial charge in [-0.25, -0.2) is 0 Å². The van der Waals surface area contributed by atoms with Crippen molar-refractivity contribution in [3.05, 3.63) is 48.6 Å². The highest BCUT2D eigenvalue weighted by atomic mass is 16.4. The lowest BCUT2D eigenvalue weighted by atomic mass is 10.2. The first kappa shape index (κ1) is 19.4. The van der Waals surface area contributed by atoms with E-state index in [1.165, 1.54) is 19.3 Å². The van der Waals surface area contributed by atoms with E-state index in [1.807, 2.05) is 0 Å². The summed E-state index contributed by atoms with van der Waals surface area (Å²) in [5.74, 6) is -0.713. The van der Waals surface area contributed by atoms with Gasteiger partial charge in [-0.05, 0) is 38.5 Å². The molecule has 0 unspecified atom stereocenters. The third kappa shape index (κ3) is 18.4. The highest BCUT2D eigenvalue weighted by Gasteiger charge is 1.92. The van der Waals surface area contributed by atoms with Gasteiger partial charge in [-0.1, -0.05) is 68.4 Å². The summed E-state index contributed by atoms with van der Waals surface area (Å²) in [7, 11) is 0. The van der Waals surface area contributed by atoms with Crippen LogP contribution < -0.4 is 0 Å². The van der Waals surface area contributed by atoms with Crippen molar-refractivity contribution in [3.8, 4) is 0 Å². The molecule has 0 radical (unpaired) electrons. The predicted octanol–water partition coefficient (Wildman–Crippen LogP) is 5.83. The molecule has 0 bridgehead atoms. The Morgan fingerprint density at radius 3 is 1.62 bits per heavy atom. The number of allylic oxidation sites excluding steroid dienone is 8. The predicted molar refractivity (Wildman–Crippen MR) is 91.4 cm³/mol. The minimum atomic E-state index is -0.713. The Hall–Kier alpha value is -1.57. The standard InChI is InChI=1S/C19H30O2/c1-2-3-4-5-6-7-8-9-10-11-12-13-14-15-16-17-18-19(20)21/h5-6,8-9,11-12,14-15H,2-4,7,10,13,16-18H2,1H3,(H,20,21). The van der Waals surface area contributed by atoms with Crippen molar-refractivity contribution in [2.75, 3.05) is 0 Å². The van der Waals surface area contributed by atoms with E-state index < -0.39 is 5.97 Å². The smallest absolute Gasteiger partial charge is 0.303 e. The van der Waals surface area contributed by atoms with E-state index in [2.05, 4.69) is 55.5 Å². The van der Waals surface area contributed by atoms with Crippen LogP contribution in [0, 0.1) is 0 Å². The second-order valence-corrected chi connectivity index (χ2v) is 5.02. The first-order valence-corrected chi connectivity index (χ1v) is 8.09. The van der Waals surface area contributed by atoms with Gasteiger partial charge in [-0.3, -0.25) is 4.79 Å². The molecule has 0 rings (SSSR count). The van der Waals surface area contributed by atoms with Crippen LogP contribution in [0.1, 0.15) is 64.7 Å². The van der Waals surface area contributed by atoms with Crippen LogP contribution in [-0.4, -0.2) is 11.1 Å². The number of unbranched alkanes of at least 4 members (excludes halogenated alkanes) is 3. The number of carboxylic acids is 1. The average molecular weight is 290 g/mol. The van der Waals surface area contributed by atoms with Crippen molar-refractivity contribution in [1.29, 1.82) is 0 Å². The molecule has 0 atom stereocenters. The maximum Gasteiger partial charge on any atom is 0.303 e. The van der Waals surface area contributed by atoms with Crippen LogP contribution in [0.15, 0.2) is 48.6 Å². The van der Waals surface area contributed by atoms with Crippen LogP contribution in [0.5, 0.6) is 0 Å². The van der Waals surface area contributed by atoms with Crippen LogP contribution >= 0.6 is 0 Å². The molecule has 0 aromatic carbocycles. The average Bonchev–Trinajstić information content (AvgIpc) is 2.46. The van der Waals surface area contributed by atoms with E-state index in [0.717, 1.165) is 32.1 Å². The molecular formula is C19H30O2. The Bertz CT molecular complexity index is 349. The first-order valence-electron chi connectivity index (χ1n) is 8.09. The van der Waals surface area contributed by atoms with E-state index in [9.17, 15) is 4.79 Å². The fraction of sp³-hybridized carbons (Fsp3) is 0.526. The van der Waals surface area contributed by atoms with Gasteiger partial charge in [0.15, 0.2) is 0 Å². The van der Waals surface area contributed by atoms with Crippen LogP contribution in [0.4, 0.5) is 0 Å². The SMILES string of the molecule is CCCCC=CCC=CCC=CCC=CCCCC(=O)O. The van der Waals surface area contributed by atoms with Gasteiger partial charge in [0.1, 0.15) is 0 Å². The lowest BCUT2D eigenvalue weighted by Gasteiger charge is -1.90. The van der Waals surface area contributed by atoms with E-state index in [4.69, 9.17) is 5.11 Å². The Morgan fingerprint density at radius 1 is 0.762 bits per heavy atom. The number of aliphatic carboxylic acids is 1. The summed E-state index contributed by atoms with van der Waals surface area (Å²) >= 11 is 0. The van der Waals surface area contributed by atoms with Crippen LogP contribution in [-0.2, 0) is 4.79 Å². The van der Waals surface area contributed by atoms with Gasteiger partial charge in [0, 0.05) is 6.42 Å². The summed E-state index contributed by atoms with van der Waals surface area (Å²) in [6.45, 7) is 2.21. The number of carboxylic acid groups (broad SMARTS) is 1. The van der Waals surface area contributed by atoms with Crippen molar-refractivity contribution in [2.24, 2.45) is 0 Å². The zero-order valence-electron chi connectivity index (χ0n) is 13.3. The van der Waals surface area contributed by atoms with Gasteiger partial charge < -0.3 is 5.11 Å². The third-order valence-electron chi connectivity index (χ3n) is 2.97. The minimum absolute atomic E-state index is 0.262. The van der Waals surface area contributed by atoms with Crippen molar-refractivity contribution in [2.45, 2.75) is 64.7 Å². The van der Waals surface area contributed by atoms with Crippen molar-refractivity contribution < 1.29 is 9.90 Å². The van der Waals surface area contributed by atoms with Gasteiger partial charge in [0.25, 0.3) is 0 Å². The molecule has 2 heteroatoms. The molecule has 0 aliphatic heterocycles. The largest absolute Gasteiger partial charge is 0.481 e. The second-order valence-electron chi connectivity index (χ2n) is 5.02. The number of hydrogen-bond donors (Lipinski definition) is 1. The lowest BCUT2D eigenvalue weighted by molar-refractivity contribution is -0.137. The quantitative estimate of drug-likeness (QED) is 0.342. The van der Waals surface area contributed by atoms with E-state index in [0.29, 0.717) is 0 Å². The summed E-state index contributed by atoms with van der Waals surface area (Å²) in [5, 5.41) is 8.48. The second kappa shape index (κ2) is 16.5. The maximum absolute atomic E-state index is 10.3. The molecule has 21 heavy (non-hydrogen) atoms. The van der Waals surface area contributed by atoms with Crippen molar-refractivity contribution in [3.63, 3.8) is 0 Å². The molecule has 0 saturated heterocycles. The Balaban J connectivity index is 3.41. The minimum Gasteiger partial charge on any atom is -0.481 e. The van der Waals surface area contributed by atoms with E-state index in [1.54, 1.807) is 0 Å². The van der Waals surface area contributed by atoms with E-state index in [-0.39, 0.29) is 6.42 Å². The molecule has 0 aromatic rings. The van der Waals surface area contributed by atoms with Gasteiger partial charge in [0.05, 0.1) is 0 Å². The highest BCUT2D eigenvalue weighted by Crippen LogP contribution is 1.99. The summed E-state index contributed by atoms with van der Waals surface area (Å²) in [6.07, 6.45) is 25.9. The maximum atomic E-state index is 10.3.